The van der Waals surface area contributed by atoms with Gasteiger partial charge >= 0.3 is 0 Å². The summed E-state index contributed by atoms with van der Waals surface area (Å²) < 4.78 is 15.2. The predicted molar refractivity (Wildman–Crippen MR) is 554 cm³/mol. The van der Waals surface area contributed by atoms with Crippen molar-refractivity contribution >= 4 is 22.7 Å². The topological polar surface area (TPSA) is 239 Å². The number of H-pyrrole nitrogens is 2. The molecule has 11 aromatic heterocycles. The maximum atomic E-state index is 5.20. The third-order valence-corrected chi connectivity index (χ3v) is 16.0. The maximum absolute atomic E-state index is 5.20. The molecule has 720 valence electrons. The fraction of sp³-hybridized carbons (Fsp3) is 0.629. The number of aromatic nitrogens is 15. The van der Waals surface area contributed by atoms with Gasteiger partial charge in [-0.3, -0.25) is 0 Å². The van der Waals surface area contributed by atoms with E-state index in [-0.39, 0.29) is 43.3 Å². The van der Waals surface area contributed by atoms with Gasteiger partial charge in [0.2, 0.25) is 0 Å². The van der Waals surface area contributed by atoms with E-state index >= 15 is 0 Å². The standard InChI is InChI=1S/2C8H13N.2C8H12O.2C8H12S.4C7H11N3.C7H11NO.11C2H6/c1-8(2,3)7-4-5-9-6-7;1-8(2,3)7-5-4-6-9-7;1-8(2,3)7-4-5-9-6-7;1-8(2,3)7-5-4-6-9-7;1-8(2,3)7-4-5-9-6-7;1-8(2,3)7-5-4-6-9-7;1-7(2,3)6-9-4-8-5-10-6;1-7(2,3)6-4-9-10-5-8-6;1-7(2,3)6-4-8-5-9-10-6;1-7(2,3)6-8-4-5-9-10-6;1-7(2,3)6-8-4-5-9-6;11*1-2/h2*4-6,9H,1-3H3;4*4-6H,1-3H3;4*4-5H,1-3H3;4-5H,1-3H3;11*1-2H3. The molecule has 11 rings (SSSR count). The quantitative estimate of drug-likeness (QED) is 0.143. The van der Waals surface area contributed by atoms with Crippen LogP contribution in [0.25, 0.3) is 0 Å². The number of aromatic amines is 2. The molecule has 0 aliphatic rings. The lowest BCUT2D eigenvalue weighted by molar-refractivity contribution is 0.392. The molecular formula is C105H195N15O3S2. The monoisotopic (exact) mass is 1780 g/mol. The van der Waals surface area contributed by atoms with Gasteiger partial charge < -0.3 is 23.2 Å². The minimum Gasteiger partial charge on any atom is -0.472 e. The summed E-state index contributed by atoms with van der Waals surface area (Å²) in [5.74, 6) is 3.46. The summed E-state index contributed by atoms with van der Waals surface area (Å²) in [6.07, 6.45) is 27.1. The molecule has 0 fully saturated rings. The first-order valence-electron chi connectivity index (χ1n) is 46.0. The molecule has 2 N–H and O–H groups in total. The van der Waals surface area contributed by atoms with E-state index in [2.05, 4.69) is 350 Å². The normalized spacial score (nSPS) is 10.2. The Hall–Kier alpha value is -8.23. The van der Waals surface area contributed by atoms with E-state index in [9.17, 15) is 0 Å². The van der Waals surface area contributed by atoms with Crippen LogP contribution in [-0.2, 0) is 59.6 Å². The second kappa shape index (κ2) is 79.2. The molecule has 0 unspecified atom stereocenters. The van der Waals surface area contributed by atoms with E-state index in [0.717, 1.165) is 34.7 Å². The smallest absolute Gasteiger partial charge is 0.199 e. The van der Waals surface area contributed by atoms with Crippen molar-refractivity contribution in [3.8, 4) is 0 Å². The molecule has 0 saturated heterocycles. The van der Waals surface area contributed by atoms with Crippen molar-refractivity contribution in [2.75, 3.05) is 0 Å². The number of hydrogen-bond donors (Lipinski definition) is 2. The second-order valence-corrected chi connectivity index (χ2v) is 37.4. The van der Waals surface area contributed by atoms with Gasteiger partial charge in [-0.15, -0.1) is 26.6 Å². The zero-order valence-corrected chi connectivity index (χ0v) is 92.7. The van der Waals surface area contributed by atoms with Crippen LogP contribution in [0.5, 0.6) is 0 Å². The number of nitrogens with zero attached hydrogens (tertiary/aromatic N) is 13. The first-order chi connectivity index (χ1) is 58.2. The molecule has 0 spiro atoms. The Kier molecular flexibility index (Phi) is 88.6. The Labute approximate surface area is 779 Å². The Balaban J connectivity index is -0.000000124. The van der Waals surface area contributed by atoms with Crippen LogP contribution < -0.4 is 0 Å². The largest absolute Gasteiger partial charge is 0.472 e. The van der Waals surface area contributed by atoms with Crippen molar-refractivity contribution in [3.05, 3.63) is 233 Å². The van der Waals surface area contributed by atoms with Crippen molar-refractivity contribution in [2.24, 2.45) is 0 Å². The molecule has 0 saturated carbocycles. The van der Waals surface area contributed by atoms with E-state index < -0.39 is 0 Å². The van der Waals surface area contributed by atoms with Gasteiger partial charge in [-0.1, -0.05) is 387 Å². The van der Waals surface area contributed by atoms with E-state index in [1.165, 1.54) is 52.6 Å². The van der Waals surface area contributed by atoms with E-state index in [1.807, 2.05) is 207 Å². The van der Waals surface area contributed by atoms with Gasteiger partial charge in [-0.2, -0.15) is 26.6 Å². The molecule has 0 amide bonds. The zero-order valence-electron chi connectivity index (χ0n) is 91.0. The van der Waals surface area contributed by atoms with Gasteiger partial charge in [-0.05, 0) is 103 Å². The number of oxazole rings is 1. The van der Waals surface area contributed by atoms with Gasteiger partial charge in [0.1, 0.15) is 43.2 Å². The second-order valence-electron chi connectivity index (χ2n) is 35.7. The summed E-state index contributed by atoms with van der Waals surface area (Å²) in [5, 5.41) is 29.1. The van der Waals surface area contributed by atoms with Gasteiger partial charge in [0, 0.05) is 73.3 Å². The minimum absolute atomic E-state index is 0.00819. The molecule has 0 aromatic carbocycles. The van der Waals surface area contributed by atoms with Crippen molar-refractivity contribution < 1.29 is 13.3 Å². The fourth-order valence-corrected chi connectivity index (χ4v) is 9.11. The van der Waals surface area contributed by atoms with Crippen molar-refractivity contribution in [1.82, 2.24) is 75.4 Å². The van der Waals surface area contributed by atoms with E-state index in [4.69, 9.17) is 13.3 Å². The Morgan fingerprint density at radius 2 is 0.824 bits per heavy atom. The van der Waals surface area contributed by atoms with Gasteiger partial charge in [0.05, 0.1) is 55.0 Å². The fourth-order valence-electron chi connectivity index (χ4n) is 7.41. The molecular weight excluding hydrogens is 1580 g/mol. The molecule has 20 heteroatoms. The SMILES string of the molecule is CC.CC.CC.CC.CC.CC.CC.CC.CC.CC.CC.CC(C)(C)c1cc[nH]c1.CC(C)(C)c1ccc[nH]1.CC(C)(C)c1ccco1.CC(C)(C)c1cccs1.CC(C)(C)c1ccoc1.CC(C)(C)c1ccsc1.CC(C)(C)c1cncnn1.CC(C)(C)c1cnncn1.CC(C)(C)c1nccnn1.CC(C)(C)c1ncco1.CC(C)(C)c1ncncn1. The Morgan fingerprint density at radius 3 is 1.03 bits per heavy atom. The van der Waals surface area contributed by atoms with E-state index in [0.29, 0.717) is 16.2 Å². The van der Waals surface area contributed by atoms with Crippen LogP contribution in [-0.4, -0.2) is 75.4 Å². The van der Waals surface area contributed by atoms with Crippen LogP contribution in [0.15, 0.2) is 184 Å². The maximum Gasteiger partial charge on any atom is 0.199 e. The Bertz CT molecular complexity index is 3120. The summed E-state index contributed by atoms with van der Waals surface area (Å²) in [4.78, 5) is 35.5. The van der Waals surface area contributed by atoms with Crippen LogP contribution >= 0.6 is 22.7 Å². The highest BCUT2D eigenvalue weighted by molar-refractivity contribution is 7.10. The van der Waals surface area contributed by atoms with Crippen LogP contribution in [0.2, 0.25) is 0 Å². The summed E-state index contributed by atoms with van der Waals surface area (Å²) in [5.41, 5.74) is 9.09. The van der Waals surface area contributed by atoms with Crippen LogP contribution in [0.4, 0.5) is 0 Å². The summed E-state index contributed by atoms with van der Waals surface area (Å²) in [7, 11) is 0. The first kappa shape index (κ1) is 140. The van der Waals surface area contributed by atoms with Crippen molar-refractivity contribution in [1.29, 1.82) is 0 Å². The van der Waals surface area contributed by atoms with Gasteiger partial charge in [-0.25, -0.2) is 34.9 Å². The predicted octanol–water partition coefficient (Wildman–Crippen LogP) is 33.8. The molecule has 0 aliphatic heterocycles. The lowest BCUT2D eigenvalue weighted by atomic mass is 9.89. The minimum atomic E-state index is 0.00819. The summed E-state index contributed by atoms with van der Waals surface area (Å²) >= 11 is 3.60. The molecule has 0 bridgehead atoms. The molecule has 125 heavy (non-hydrogen) atoms. The summed E-state index contributed by atoms with van der Waals surface area (Å²) in [6, 6.07) is 18.6. The van der Waals surface area contributed by atoms with Gasteiger partial charge in [0.15, 0.2) is 11.7 Å². The zero-order chi connectivity index (χ0) is 101. The lowest BCUT2D eigenvalue weighted by Gasteiger charge is -2.15. The average Bonchev–Trinajstić information content (AvgIpc) is 1.83. The molecule has 0 radical (unpaired) electrons. The number of thiophene rings is 2. The third-order valence-electron chi connectivity index (χ3n) is 14.1. The molecule has 0 atom stereocenters. The molecule has 18 nitrogen and oxygen atoms in total. The number of furan rings is 2. The van der Waals surface area contributed by atoms with E-state index in [1.54, 1.807) is 67.4 Å². The lowest BCUT2D eigenvalue weighted by Crippen LogP contribution is -2.15. The molecule has 11 aromatic rings. The first-order valence-corrected chi connectivity index (χ1v) is 47.8. The van der Waals surface area contributed by atoms with Crippen LogP contribution in [0.3, 0.4) is 0 Å². The van der Waals surface area contributed by atoms with Crippen LogP contribution in [0, 0.1) is 0 Å². The van der Waals surface area contributed by atoms with Crippen molar-refractivity contribution in [2.45, 2.75) is 440 Å². The van der Waals surface area contributed by atoms with Gasteiger partial charge in [0.25, 0.3) is 0 Å². The highest BCUT2D eigenvalue weighted by Crippen LogP contribution is 2.28. The Morgan fingerprint density at radius 1 is 0.312 bits per heavy atom. The van der Waals surface area contributed by atoms with Crippen molar-refractivity contribution in [3.63, 3.8) is 0 Å². The highest BCUT2D eigenvalue weighted by atomic mass is 32.1. The number of hydrogen-bond acceptors (Lipinski definition) is 18. The van der Waals surface area contributed by atoms with Crippen LogP contribution in [0.1, 0.15) is 443 Å². The summed E-state index contributed by atoms with van der Waals surface area (Å²) in [6.45, 7) is 115. The highest BCUT2D eigenvalue weighted by Gasteiger charge is 2.22. The number of nitrogens with one attached hydrogen (secondary N) is 2. The third kappa shape index (κ3) is 77.8. The number of rotatable bonds is 0. The molecule has 11 heterocycles. The average molecular weight is 1780 g/mol. The molecule has 0 aliphatic carbocycles.